The molecule has 23 nitrogen and oxygen atoms in total. The van der Waals surface area contributed by atoms with Crippen LogP contribution in [0.5, 0.6) is 0 Å². The van der Waals surface area contributed by atoms with Gasteiger partial charge in [-0.25, -0.2) is 0 Å². The highest BCUT2D eigenvalue weighted by Crippen LogP contribution is 2.37. The van der Waals surface area contributed by atoms with Crippen molar-refractivity contribution in [3.8, 4) is 0 Å². The molecule has 0 radical (unpaired) electrons. The first-order valence-electron chi connectivity index (χ1n) is 19.3. The maximum atomic E-state index is 13.0. The highest BCUT2D eigenvalue weighted by Gasteiger charge is 2.59. The molecule has 4 aliphatic heterocycles. The Labute approximate surface area is 323 Å². The van der Waals surface area contributed by atoms with Crippen molar-refractivity contribution in [3.05, 3.63) is 0 Å². The van der Waals surface area contributed by atoms with Crippen LogP contribution in [-0.2, 0) is 33.2 Å². The van der Waals surface area contributed by atoms with Gasteiger partial charge in [-0.1, -0.05) is 0 Å². The van der Waals surface area contributed by atoms with Gasteiger partial charge >= 0.3 is 0 Å². The van der Waals surface area contributed by atoms with Gasteiger partial charge in [0.2, 0.25) is 0 Å². The average molecular weight is 811 g/mol. The summed E-state index contributed by atoms with van der Waals surface area (Å²) in [7, 11) is 0. The van der Waals surface area contributed by atoms with Gasteiger partial charge in [0, 0.05) is 38.1 Å². The Bertz CT molecular complexity index is 1310. The molecule has 0 bridgehead atoms. The minimum absolute atomic E-state index is 0.0110. The van der Waals surface area contributed by atoms with Gasteiger partial charge < -0.3 is 114 Å². The van der Waals surface area contributed by atoms with Crippen LogP contribution >= 0.6 is 0 Å². The summed E-state index contributed by atoms with van der Waals surface area (Å²) in [5.41, 5.74) is 27.8. The number of aliphatic hydroxyl groups excluding tert-OH is 6. The van der Waals surface area contributed by atoms with Crippen molar-refractivity contribution in [2.24, 2.45) is 28.7 Å². The third-order valence-electron chi connectivity index (χ3n) is 12.0. The van der Waals surface area contributed by atoms with Crippen molar-refractivity contribution in [2.45, 2.75) is 160 Å². The largest absolute Gasteiger partial charge is 0.394 e. The van der Waals surface area contributed by atoms with Gasteiger partial charge in [0.05, 0.1) is 42.5 Å². The molecular weight excluding hydrogens is 748 g/mol. The molecule has 1 amide bonds. The van der Waals surface area contributed by atoms with E-state index in [1.54, 1.807) is 0 Å². The van der Waals surface area contributed by atoms with Gasteiger partial charge in [0.15, 0.2) is 24.5 Å². The average Bonchev–Trinajstić information content (AvgIpc) is 3.68. The summed E-state index contributed by atoms with van der Waals surface area (Å²) < 4.78 is 36.0. The Kier molecular flexibility index (Phi) is 14.3. The zero-order valence-electron chi connectivity index (χ0n) is 31.1. The number of carbonyl (C=O) groups is 1. The summed E-state index contributed by atoms with van der Waals surface area (Å²) in [5.74, 6) is -0.826. The highest BCUT2D eigenvalue weighted by molar-refractivity contribution is 5.89. The molecular formula is C33H62N8O15. The Hall–Kier alpha value is -1.37. The second kappa shape index (κ2) is 18.1. The smallest absolute Gasteiger partial charge is 0.253 e. The lowest BCUT2D eigenvalue weighted by molar-refractivity contribution is -0.297. The van der Waals surface area contributed by atoms with Crippen LogP contribution in [-0.4, -0.2) is 214 Å². The predicted molar refractivity (Wildman–Crippen MR) is 189 cm³/mol. The second-order valence-electron chi connectivity index (χ2n) is 16.2. The molecule has 56 heavy (non-hydrogen) atoms. The second-order valence-corrected chi connectivity index (χ2v) is 16.2. The van der Waals surface area contributed by atoms with Crippen LogP contribution in [0.3, 0.4) is 0 Å². The molecule has 6 rings (SSSR count). The minimum atomic E-state index is -1.83. The number of hydrogen-bond donors (Lipinski definition) is 16. The van der Waals surface area contributed by atoms with Gasteiger partial charge in [-0.3, -0.25) is 4.79 Å². The molecule has 2 aliphatic carbocycles. The maximum Gasteiger partial charge on any atom is 0.253 e. The zero-order valence-corrected chi connectivity index (χ0v) is 31.1. The molecule has 0 aromatic rings. The van der Waals surface area contributed by atoms with Crippen LogP contribution in [0.25, 0.3) is 0 Å². The molecule has 23 heteroatoms. The summed E-state index contributed by atoms with van der Waals surface area (Å²) in [6.07, 6.45) is -17.6. The Morgan fingerprint density at radius 1 is 0.768 bits per heavy atom. The van der Waals surface area contributed by atoms with Gasteiger partial charge in [0.1, 0.15) is 54.9 Å². The number of hydrogen-bond acceptors (Lipinski definition) is 22. The van der Waals surface area contributed by atoms with Gasteiger partial charge in [-0.15, -0.1) is 0 Å². The molecule has 2 saturated carbocycles. The SMILES string of the molecule is NC[C@@H]1O[C@H](O[C@H]2[C@@H](O)[C@H](O[C@@H]3[C@@H](O)[C@H](NC(=O)C4(O)CC4N)C[C@H](N)[C@H]3O[C@H]3O[C@H](CNCC4(O)CCNCC4)[C@@H](O)C[C@H]3N)O[C@@H]2CO)[C@H](N)[C@@H](O)[C@@H]1O. The lowest BCUT2D eigenvalue weighted by Gasteiger charge is -2.47. The summed E-state index contributed by atoms with van der Waals surface area (Å²) >= 11 is 0. The van der Waals surface area contributed by atoms with E-state index in [9.17, 15) is 45.6 Å². The number of nitrogens with two attached hydrogens (primary N) is 5. The van der Waals surface area contributed by atoms with Crippen LogP contribution in [0.15, 0.2) is 0 Å². The molecule has 2 unspecified atom stereocenters. The molecule has 20 atom stereocenters. The molecule has 6 fully saturated rings. The zero-order chi connectivity index (χ0) is 40.7. The first kappa shape index (κ1) is 44.2. The Morgan fingerprint density at radius 3 is 2.04 bits per heavy atom. The molecule has 4 saturated heterocycles. The normalized spacial score (nSPS) is 49.4. The van der Waals surface area contributed by atoms with E-state index in [2.05, 4.69) is 16.0 Å². The number of amides is 1. The molecule has 21 N–H and O–H groups in total. The number of aliphatic hydroxyl groups is 8. The predicted octanol–water partition coefficient (Wildman–Crippen LogP) is -9.50. The number of rotatable bonds is 14. The van der Waals surface area contributed by atoms with E-state index in [0.29, 0.717) is 25.9 Å². The van der Waals surface area contributed by atoms with Crippen LogP contribution in [0.1, 0.15) is 32.1 Å². The lowest BCUT2D eigenvalue weighted by Crippen LogP contribution is -2.67. The fourth-order valence-corrected chi connectivity index (χ4v) is 8.15. The molecule has 4 heterocycles. The van der Waals surface area contributed by atoms with E-state index in [-0.39, 0.29) is 38.9 Å². The molecule has 0 spiro atoms. The molecule has 6 aliphatic rings. The van der Waals surface area contributed by atoms with E-state index >= 15 is 0 Å². The summed E-state index contributed by atoms with van der Waals surface area (Å²) in [6, 6.07) is -5.09. The van der Waals surface area contributed by atoms with Crippen molar-refractivity contribution >= 4 is 5.91 Å². The van der Waals surface area contributed by atoms with Gasteiger partial charge in [0.25, 0.3) is 5.91 Å². The third kappa shape index (κ3) is 9.33. The minimum Gasteiger partial charge on any atom is -0.394 e. The summed E-state index contributed by atoms with van der Waals surface area (Å²) in [5, 5.41) is 95.4. The van der Waals surface area contributed by atoms with Crippen molar-refractivity contribution in [2.75, 3.05) is 39.3 Å². The van der Waals surface area contributed by atoms with Gasteiger partial charge in [-0.2, -0.15) is 0 Å². The highest BCUT2D eigenvalue weighted by atomic mass is 16.8. The molecule has 324 valence electrons. The molecule has 0 aromatic heterocycles. The van der Waals surface area contributed by atoms with Crippen LogP contribution in [0, 0.1) is 0 Å². The van der Waals surface area contributed by atoms with E-state index in [1.165, 1.54) is 0 Å². The summed E-state index contributed by atoms with van der Waals surface area (Å²) in [4.78, 5) is 13.0. The van der Waals surface area contributed by atoms with Crippen molar-refractivity contribution in [1.82, 2.24) is 16.0 Å². The monoisotopic (exact) mass is 810 g/mol. The van der Waals surface area contributed by atoms with E-state index in [1.807, 2.05) is 0 Å². The first-order valence-corrected chi connectivity index (χ1v) is 19.3. The Morgan fingerprint density at radius 2 is 1.39 bits per heavy atom. The number of nitrogens with one attached hydrogen (secondary N) is 3. The van der Waals surface area contributed by atoms with Crippen LogP contribution in [0.2, 0.25) is 0 Å². The van der Waals surface area contributed by atoms with Crippen molar-refractivity contribution in [3.63, 3.8) is 0 Å². The number of carbonyl (C=O) groups excluding carboxylic acids is 1. The molecule has 0 aromatic carbocycles. The number of piperidine rings is 1. The Balaban J connectivity index is 1.17. The maximum absolute atomic E-state index is 13.0. The fraction of sp³-hybridized carbons (Fsp3) is 0.970. The van der Waals surface area contributed by atoms with E-state index in [0.717, 1.165) is 0 Å². The van der Waals surface area contributed by atoms with Crippen molar-refractivity contribution < 1.29 is 74.1 Å². The van der Waals surface area contributed by atoms with E-state index < -0.39 is 140 Å². The number of ether oxygens (including phenoxy) is 6. The van der Waals surface area contributed by atoms with Gasteiger partial charge in [-0.05, 0) is 38.8 Å². The lowest BCUT2D eigenvalue weighted by atomic mass is 9.83. The van der Waals surface area contributed by atoms with Crippen LogP contribution < -0.4 is 44.6 Å². The fourth-order valence-electron chi connectivity index (χ4n) is 8.15. The van der Waals surface area contributed by atoms with Crippen LogP contribution in [0.4, 0.5) is 0 Å². The standard InChI is InChI=1S/C33H62N8O15/c34-8-16-22(45)23(46)20(38)29(51-16)55-26-18(10-42)53-30(24(26)47)56-27-21(44)14(41-31(48)33(50)7-19(33)37)5-12(35)25(27)54-28-13(36)6-15(43)17(52-28)9-40-11-32(49)1-3-39-4-2-32/h12-30,39-40,42-47,49-50H,1-11,34-38H2,(H,41,48)/t12-,13+,14+,15-,16-,17+,18+,19?,20+,21-,22+,23+,24+,25+,26+,27+,28+,29+,30-,33?/m0/s1. The van der Waals surface area contributed by atoms with E-state index in [4.69, 9.17) is 57.1 Å². The quantitative estimate of drug-likeness (QED) is 0.0774. The van der Waals surface area contributed by atoms with Crippen molar-refractivity contribution in [1.29, 1.82) is 0 Å². The third-order valence-corrected chi connectivity index (χ3v) is 12.0. The summed E-state index contributed by atoms with van der Waals surface area (Å²) in [6.45, 7) is 0.857. The topological polar surface area (TPSA) is 400 Å². The first-order chi connectivity index (χ1) is 26.5.